The summed E-state index contributed by atoms with van der Waals surface area (Å²) in [5.41, 5.74) is 2.84. The Morgan fingerprint density at radius 1 is 1.24 bits per heavy atom. The molecule has 2 aliphatic rings. The van der Waals surface area contributed by atoms with Crippen LogP contribution in [0.4, 0.5) is 4.39 Å². The highest BCUT2D eigenvalue weighted by Gasteiger charge is 2.67. The van der Waals surface area contributed by atoms with Crippen molar-refractivity contribution in [1.29, 1.82) is 0 Å². The van der Waals surface area contributed by atoms with Gasteiger partial charge < -0.3 is 19.3 Å². The number of piperidine rings is 1. The summed E-state index contributed by atoms with van der Waals surface area (Å²) in [6, 6.07) is 12.0. The second kappa shape index (κ2) is 7.99. The van der Waals surface area contributed by atoms with Gasteiger partial charge in [0.25, 0.3) is 0 Å². The molecular formula is C26H28FN3O3. The molecule has 0 bridgehead atoms. The van der Waals surface area contributed by atoms with E-state index >= 15 is 0 Å². The van der Waals surface area contributed by atoms with E-state index in [1.165, 1.54) is 12.1 Å². The number of imidazole rings is 1. The molecule has 5 rings (SSSR count). The molecule has 2 aromatic carbocycles. The van der Waals surface area contributed by atoms with E-state index in [-0.39, 0.29) is 23.7 Å². The molecular weight excluding hydrogens is 421 g/mol. The predicted molar refractivity (Wildman–Crippen MR) is 122 cm³/mol. The Hall–Kier alpha value is -3.19. The minimum Gasteiger partial charge on any atom is -0.495 e. The largest absolute Gasteiger partial charge is 0.495 e. The lowest BCUT2D eigenvalue weighted by molar-refractivity contribution is -0.150. The lowest BCUT2D eigenvalue weighted by Crippen LogP contribution is -2.51. The molecule has 2 fully saturated rings. The molecule has 2 heterocycles. The summed E-state index contributed by atoms with van der Waals surface area (Å²) in [5.74, 6) is 0.293. The summed E-state index contributed by atoms with van der Waals surface area (Å²) in [7, 11) is 1.63. The number of amides is 1. The Labute approximate surface area is 192 Å². The summed E-state index contributed by atoms with van der Waals surface area (Å²) in [4.78, 5) is 19.8. The third-order valence-corrected chi connectivity index (χ3v) is 7.32. The average Bonchev–Trinajstić information content (AvgIpc) is 3.43. The molecule has 1 amide bonds. The molecule has 172 valence electrons. The van der Waals surface area contributed by atoms with Crippen LogP contribution in [0.1, 0.15) is 48.5 Å². The van der Waals surface area contributed by atoms with E-state index in [4.69, 9.17) is 4.74 Å². The maximum Gasteiger partial charge on any atom is 0.232 e. The van der Waals surface area contributed by atoms with Crippen molar-refractivity contribution in [2.45, 2.75) is 44.8 Å². The smallest absolute Gasteiger partial charge is 0.232 e. The lowest BCUT2D eigenvalue weighted by atomic mass is 9.85. The average molecular weight is 450 g/mol. The van der Waals surface area contributed by atoms with Crippen LogP contribution in [0.2, 0.25) is 0 Å². The van der Waals surface area contributed by atoms with Gasteiger partial charge in [-0.1, -0.05) is 18.2 Å². The minimum absolute atomic E-state index is 0.0312. The number of hydrogen-bond donors (Lipinski definition) is 1. The summed E-state index contributed by atoms with van der Waals surface area (Å²) in [5, 5.41) is 10.9. The Morgan fingerprint density at radius 3 is 2.67 bits per heavy atom. The molecule has 1 saturated heterocycles. The highest BCUT2D eigenvalue weighted by Crippen LogP contribution is 2.65. The Kier molecular flexibility index (Phi) is 5.24. The van der Waals surface area contributed by atoms with Crippen molar-refractivity contribution in [2.75, 3.05) is 13.7 Å². The molecule has 6 nitrogen and oxygen atoms in total. The number of rotatable bonds is 5. The van der Waals surface area contributed by atoms with Gasteiger partial charge in [0.2, 0.25) is 5.91 Å². The van der Waals surface area contributed by atoms with Crippen molar-refractivity contribution in [1.82, 2.24) is 14.5 Å². The monoisotopic (exact) mass is 449 g/mol. The van der Waals surface area contributed by atoms with E-state index < -0.39 is 11.5 Å². The number of halogens is 1. The Morgan fingerprint density at radius 2 is 2.00 bits per heavy atom. The zero-order valence-electron chi connectivity index (χ0n) is 19.0. The lowest BCUT2D eigenvalue weighted by Gasteiger charge is -2.40. The van der Waals surface area contributed by atoms with Crippen LogP contribution in [-0.2, 0) is 4.79 Å². The number of nitrogens with zero attached hydrogens (tertiary/aromatic N) is 3. The summed E-state index contributed by atoms with van der Waals surface area (Å²) >= 11 is 0. The number of carbonyl (C=O) groups is 1. The van der Waals surface area contributed by atoms with Crippen LogP contribution in [0, 0.1) is 18.2 Å². The second-order valence-electron chi connectivity index (χ2n) is 9.18. The summed E-state index contributed by atoms with van der Waals surface area (Å²) < 4.78 is 20.9. The number of aliphatic hydroxyl groups excluding tert-OH is 1. The molecule has 33 heavy (non-hydrogen) atoms. The van der Waals surface area contributed by atoms with Gasteiger partial charge in [0.05, 0.1) is 42.4 Å². The number of likely N-dealkylation sites (tertiary alicyclic amines) is 1. The fourth-order valence-electron chi connectivity index (χ4n) is 5.30. The van der Waals surface area contributed by atoms with Gasteiger partial charge in [0, 0.05) is 18.7 Å². The number of aliphatic hydroxyl groups is 1. The number of ether oxygens (including phenoxy) is 1. The van der Waals surface area contributed by atoms with Gasteiger partial charge in [0.15, 0.2) is 0 Å². The summed E-state index contributed by atoms with van der Waals surface area (Å²) in [6.07, 6.45) is 4.12. The predicted octanol–water partition coefficient (Wildman–Crippen LogP) is 4.16. The Bertz CT molecular complexity index is 1190. The number of aryl methyl sites for hydroxylation is 1. The van der Waals surface area contributed by atoms with Gasteiger partial charge in [-0.2, -0.15) is 0 Å². The van der Waals surface area contributed by atoms with Gasteiger partial charge in [-0.25, -0.2) is 9.37 Å². The van der Waals surface area contributed by atoms with Gasteiger partial charge in [0.1, 0.15) is 11.6 Å². The van der Waals surface area contributed by atoms with Crippen molar-refractivity contribution >= 4 is 5.91 Å². The first-order valence-electron chi connectivity index (χ1n) is 11.3. The SMILES string of the molecule is COc1cc(C2CC23C(=O)N(C(C)c2ccc(F)cc2)CCC3O)ccc1-n1cnc(C)c1. The van der Waals surface area contributed by atoms with Crippen molar-refractivity contribution in [3.05, 3.63) is 77.6 Å². The minimum atomic E-state index is -0.815. The topological polar surface area (TPSA) is 67.6 Å². The van der Waals surface area contributed by atoms with E-state index in [0.717, 1.165) is 22.5 Å². The fourth-order valence-corrected chi connectivity index (χ4v) is 5.30. The van der Waals surface area contributed by atoms with Gasteiger partial charge in [-0.05, 0) is 62.1 Å². The second-order valence-corrected chi connectivity index (χ2v) is 9.18. The first-order chi connectivity index (χ1) is 15.8. The molecule has 3 aromatic rings. The van der Waals surface area contributed by atoms with Crippen LogP contribution in [0.5, 0.6) is 5.75 Å². The molecule has 1 spiro atoms. The molecule has 0 radical (unpaired) electrons. The van der Waals surface area contributed by atoms with E-state index in [1.54, 1.807) is 25.6 Å². The number of hydrogen-bond acceptors (Lipinski definition) is 4. The quantitative estimate of drug-likeness (QED) is 0.635. The number of aromatic nitrogens is 2. The first kappa shape index (κ1) is 21.6. The summed E-state index contributed by atoms with van der Waals surface area (Å²) in [6.45, 7) is 4.37. The zero-order valence-corrected chi connectivity index (χ0v) is 19.0. The maximum atomic E-state index is 13.7. The van der Waals surface area contributed by atoms with E-state index in [9.17, 15) is 14.3 Å². The van der Waals surface area contributed by atoms with Crippen molar-refractivity contribution in [2.24, 2.45) is 5.41 Å². The zero-order chi connectivity index (χ0) is 23.3. The maximum absolute atomic E-state index is 13.7. The van der Waals surface area contributed by atoms with Crippen molar-refractivity contribution in [3.63, 3.8) is 0 Å². The van der Waals surface area contributed by atoms with Crippen LogP contribution in [0.3, 0.4) is 0 Å². The standard InChI is InChI=1S/C26H28FN3O3/c1-16-14-29(15-28-16)22-9-6-19(12-23(22)33-3)21-13-26(21)24(31)10-11-30(25(26)32)17(2)18-4-7-20(27)8-5-18/h4-9,12,14-15,17,21,24,31H,10-11,13H2,1-3H3. The van der Waals surface area contributed by atoms with Gasteiger partial charge in [-0.15, -0.1) is 0 Å². The molecule has 7 heteroatoms. The van der Waals surface area contributed by atoms with Crippen LogP contribution >= 0.6 is 0 Å². The number of carbonyl (C=O) groups excluding carboxylic acids is 1. The van der Waals surface area contributed by atoms with Gasteiger partial charge >= 0.3 is 0 Å². The number of benzene rings is 2. The third kappa shape index (κ3) is 3.51. The molecule has 1 saturated carbocycles. The van der Waals surface area contributed by atoms with Gasteiger partial charge in [-0.3, -0.25) is 4.79 Å². The van der Waals surface area contributed by atoms with Crippen molar-refractivity contribution < 1.29 is 19.0 Å². The van der Waals surface area contributed by atoms with Crippen LogP contribution in [-0.4, -0.2) is 45.2 Å². The molecule has 1 N–H and O–H groups in total. The highest BCUT2D eigenvalue weighted by molar-refractivity contribution is 5.89. The molecule has 4 unspecified atom stereocenters. The van der Waals surface area contributed by atoms with Crippen LogP contribution in [0.25, 0.3) is 5.69 Å². The molecule has 1 aromatic heterocycles. The van der Waals surface area contributed by atoms with E-state index in [2.05, 4.69) is 4.98 Å². The normalized spacial score (nSPS) is 25.4. The fraction of sp³-hybridized carbons (Fsp3) is 0.385. The molecule has 1 aliphatic carbocycles. The highest BCUT2D eigenvalue weighted by atomic mass is 19.1. The molecule has 1 aliphatic heterocycles. The number of methoxy groups -OCH3 is 1. The van der Waals surface area contributed by atoms with E-state index in [1.807, 2.05) is 47.7 Å². The van der Waals surface area contributed by atoms with Crippen LogP contribution in [0.15, 0.2) is 55.0 Å². The molecule has 4 atom stereocenters. The van der Waals surface area contributed by atoms with E-state index in [0.29, 0.717) is 25.1 Å². The third-order valence-electron chi connectivity index (χ3n) is 7.32. The van der Waals surface area contributed by atoms with Crippen LogP contribution < -0.4 is 4.74 Å². The first-order valence-corrected chi connectivity index (χ1v) is 11.3. The Balaban J connectivity index is 1.42. The van der Waals surface area contributed by atoms with Crippen molar-refractivity contribution in [3.8, 4) is 11.4 Å².